The molecular weight excluding hydrogens is 412 g/mol. The van der Waals surface area contributed by atoms with Gasteiger partial charge in [0.15, 0.2) is 0 Å². The monoisotopic (exact) mass is 448 g/mol. The zero-order valence-corrected chi connectivity index (χ0v) is 21.3. The molecule has 0 radical (unpaired) electrons. The van der Waals surface area contributed by atoms with Crippen LogP contribution < -0.4 is 0 Å². The zero-order chi connectivity index (χ0) is 24.5. The Morgan fingerprint density at radius 3 is 1.56 bits per heavy atom. The Morgan fingerprint density at radius 2 is 1.06 bits per heavy atom. The summed E-state index contributed by atoms with van der Waals surface area (Å²) in [5.41, 5.74) is 10.4. The maximum Gasteiger partial charge on any atom is 0.115 e. The molecule has 0 aromatic heterocycles. The van der Waals surface area contributed by atoms with Gasteiger partial charge in [-0.2, -0.15) is 0 Å². The van der Waals surface area contributed by atoms with E-state index in [0.717, 1.165) is 6.42 Å². The molecule has 0 spiro atoms. The summed E-state index contributed by atoms with van der Waals surface area (Å²) >= 11 is 0. The summed E-state index contributed by atoms with van der Waals surface area (Å²) in [5.74, 6) is 0.300. The number of benzene rings is 4. The molecule has 1 N–H and O–H groups in total. The summed E-state index contributed by atoms with van der Waals surface area (Å²) in [4.78, 5) is 0. The first-order chi connectivity index (χ1) is 16.0. The highest BCUT2D eigenvalue weighted by atomic mass is 16.3. The van der Waals surface area contributed by atoms with E-state index in [0.29, 0.717) is 5.75 Å². The van der Waals surface area contributed by atoms with E-state index >= 15 is 0 Å². The molecule has 0 unspecified atom stereocenters. The Balaban J connectivity index is 1.85. The average Bonchev–Trinajstić information content (AvgIpc) is 2.79. The van der Waals surface area contributed by atoms with E-state index in [1.165, 1.54) is 44.5 Å². The lowest BCUT2D eigenvalue weighted by Gasteiger charge is -2.22. The third-order valence-electron chi connectivity index (χ3n) is 6.58. The molecule has 0 aliphatic heterocycles. The molecule has 0 saturated heterocycles. The standard InChI is InChI=1S/C33H36O/c1-32(2,3)27-16-12-24(13-17-27)30-9-7-8-26(22-23-10-20-29(34)21-11-23)31(30)25-14-18-28(19-15-25)33(4,5)6/h7-21,34H,22H2,1-6H3. The van der Waals surface area contributed by atoms with Gasteiger partial charge in [-0.1, -0.05) is 120 Å². The van der Waals surface area contributed by atoms with Crippen molar-refractivity contribution in [3.8, 4) is 28.0 Å². The van der Waals surface area contributed by atoms with Gasteiger partial charge in [-0.25, -0.2) is 0 Å². The van der Waals surface area contributed by atoms with Gasteiger partial charge >= 0.3 is 0 Å². The molecule has 0 saturated carbocycles. The van der Waals surface area contributed by atoms with Crippen LogP contribution in [0.25, 0.3) is 22.3 Å². The summed E-state index contributed by atoms with van der Waals surface area (Å²) in [5, 5.41) is 9.72. The Kier molecular flexibility index (Phi) is 6.41. The van der Waals surface area contributed by atoms with E-state index in [9.17, 15) is 5.11 Å². The molecule has 1 heteroatoms. The van der Waals surface area contributed by atoms with Gasteiger partial charge in [-0.15, -0.1) is 0 Å². The van der Waals surface area contributed by atoms with Gasteiger partial charge in [0.2, 0.25) is 0 Å². The second-order valence-electron chi connectivity index (χ2n) is 11.3. The zero-order valence-electron chi connectivity index (χ0n) is 21.3. The van der Waals surface area contributed by atoms with E-state index in [-0.39, 0.29) is 10.8 Å². The fourth-order valence-corrected chi connectivity index (χ4v) is 4.45. The summed E-state index contributed by atoms with van der Waals surface area (Å²) in [7, 11) is 0. The maximum atomic E-state index is 9.72. The highest BCUT2D eigenvalue weighted by Gasteiger charge is 2.18. The summed E-state index contributed by atoms with van der Waals surface area (Å²) in [6.07, 6.45) is 0.810. The molecule has 0 aliphatic carbocycles. The van der Waals surface area contributed by atoms with Crippen LogP contribution in [0, 0.1) is 0 Å². The third kappa shape index (κ3) is 5.25. The summed E-state index contributed by atoms with van der Waals surface area (Å²) in [6.45, 7) is 13.5. The van der Waals surface area contributed by atoms with E-state index in [1.54, 1.807) is 12.1 Å². The second-order valence-corrected chi connectivity index (χ2v) is 11.3. The van der Waals surface area contributed by atoms with Crippen LogP contribution in [0.3, 0.4) is 0 Å². The number of hydrogen-bond acceptors (Lipinski definition) is 1. The molecule has 0 aliphatic rings. The third-order valence-corrected chi connectivity index (χ3v) is 6.58. The SMILES string of the molecule is CC(C)(C)c1ccc(-c2cccc(Cc3ccc(O)cc3)c2-c2ccc(C(C)(C)C)cc2)cc1. The first-order valence-electron chi connectivity index (χ1n) is 12.1. The topological polar surface area (TPSA) is 20.2 Å². The molecule has 0 heterocycles. The van der Waals surface area contributed by atoms with Gasteiger partial charge in [0.05, 0.1) is 0 Å². The van der Waals surface area contributed by atoms with Crippen molar-refractivity contribution >= 4 is 0 Å². The number of hydrogen-bond donors (Lipinski definition) is 1. The van der Waals surface area contributed by atoms with Crippen molar-refractivity contribution in [2.75, 3.05) is 0 Å². The second kappa shape index (κ2) is 9.14. The Labute approximate surface area is 205 Å². The van der Waals surface area contributed by atoms with Crippen LogP contribution in [0.1, 0.15) is 63.8 Å². The van der Waals surface area contributed by atoms with E-state index < -0.39 is 0 Å². The molecule has 4 aromatic carbocycles. The van der Waals surface area contributed by atoms with Gasteiger partial charge < -0.3 is 5.11 Å². The lowest BCUT2D eigenvalue weighted by Crippen LogP contribution is -2.10. The fraction of sp³-hybridized carbons (Fsp3) is 0.273. The van der Waals surface area contributed by atoms with Gasteiger partial charge in [-0.05, 0) is 73.9 Å². The van der Waals surface area contributed by atoms with Crippen LogP contribution in [0.15, 0.2) is 91.0 Å². The molecule has 0 atom stereocenters. The average molecular weight is 449 g/mol. The quantitative estimate of drug-likeness (QED) is 0.330. The van der Waals surface area contributed by atoms with Gasteiger partial charge in [-0.3, -0.25) is 0 Å². The fourth-order valence-electron chi connectivity index (χ4n) is 4.45. The number of aromatic hydroxyl groups is 1. The number of rotatable bonds is 4. The molecule has 0 amide bonds. The Morgan fingerprint density at radius 1 is 0.559 bits per heavy atom. The smallest absolute Gasteiger partial charge is 0.115 e. The van der Waals surface area contributed by atoms with Crippen LogP contribution in [-0.4, -0.2) is 5.11 Å². The van der Waals surface area contributed by atoms with Crippen LogP contribution in [0.5, 0.6) is 5.75 Å². The minimum atomic E-state index is 0.121. The predicted octanol–water partition coefficient (Wildman–Crippen LogP) is 8.91. The van der Waals surface area contributed by atoms with Crippen molar-refractivity contribution in [1.82, 2.24) is 0 Å². The molecule has 174 valence electrons. The number of phenols is 1. The Hall–Kier alpha value is -3.32. The van der Waals surface area contributed by atoms with E-state index in [1.807, 2.05) is 12.1 Å². The number of phenolic OH excluding ortho intramolecular Hbond substituents is 1. The highest BCUT2D eigenvalue weighted by Crippen LogP contribution is 2.38. The van der Waals surface area contributed by atoms with Crippen LogP contribution in [-0.2, 0) is 17.3 Å². The summed E-state index contributed by atoms with van der Waals surface area (Å²) < 4.78 is 0. The normalized spacial score (nSPS) is 12.1. The lowest BCUT2D eigenvalue weighted by molar-refractivity contribution is 0.475. The van der Waals surface area contributed by atoms with Crippen LogP contribution in [0.2, 0.25) is 0 Å². The van der Waals surface area contributed by atoms with Gasteiger partial charge in [0, 0.05) is 0 Å². The highest BCUT2D eigenvalue weighted by molar-refractivity contribution is 5.86. The predicted molar refractivity (Wildman–Crippen MR) is 146 cm³/mol. The van der Waals surface area contributed by atoms with Crippen molar-refractivity contribution in [2.24, 2.45) is 0 Å². The maximum absolute atomic E-state index is 9.72. The van der Waals surface area contributed by atoms with Crippen molar-refractivity contribution in [1.29, 1.82) is 0 Å². The molecule has 0 bridgehead atoms. The molecule has 4 aromatic rings. The largest absolute Gasteiger partial charge is 0.508 e. The van der Waals surface area contributed by atoms with Crippen molar-refractivity contribution < 1.29 is 5.11 Å². The van der Waals surface area contributed by atoms with Crippen LogP contribution in [0.4, 0.5) is 0 Å². The lowest BCUT2D eigenvalue weighted by atomic mass is 9.83. The van der Waals surface area contributed by atoms with E-state index in [4.69, 9.17) is 0 Å². The van der Waals surface area contributed by atoms with E-state index in [2.05, 4.69) is 108 Å². The van der Waals surface area contributed by atoms with Gasteiger partial charge in [0.25, 0.3) is 0 Å². The Bertz CT molecular complexity index is 1250. The molecule has 34 heavy (non-hydrogen) atoms. The first kappa shape index (κ1) is 23.8. The van der Waals surface area contributed by atoms with Crippen molar-refractivity contribution in [2.45, 2.75) is 58.8 Å². The minimum Gasteiger partial charge on any atom is -0.508 e. The molecular formula is C33H36O. The van der Waals surface area contributed by atoms with Crippen molar-refractivity contribution in [3.05, 3.63) is 113 Å². The first-order valence-corrected chi connectivity index (χ1v) is 12.1. The van der Waals surface area contributed by atoms with Gasteiger partial charge in [0.1, 0.15) is 5.75 Å². The minimum absolute atomic E-state index is 0.121. The molecule has 0 fully saturated rings. The molecule has 4 rings (SSSR count). The molecule has 1 nitrogen and oxygen atoms in total. The van der Waals surface area contributed by atoms with Crippen LogP contribution >= 0.6 is 0 Å². The summed E-state index contributed by atoms with van der Waals surface area (Å²) in [6, 6.07) is 32.3. The van der Waals surface area contributed by atoms with Crippen molar-refractivity contribution in [3.63, 3.8) is 0 Å².